The molecule has 1 saturated carbocycles. The Morgan fingerprint density at radius 2 is 2.11 bits per heavy atom. The summed E-state index contributed by atoms with van der Waals surface area (Å²) in [6, 6.07) is 0. The molecule has 0 aromatic rings. The first-order valence-corrected chi connectivity index (χ1v) is 8.05. The van der Waals surface area contributed by atoms with Crippen LogP contribution >= 0.6 is 0 Å². The fourth-order valence-electron chi connectivity index (χ4n) is 2.35. The van der Waals surface area contributed by atoms with E-state index in [9.17, 15) is 18.3 Å². The van der Waals surface area contributed by atoms with Gasteiger partial charge in [0.25, 0.3) is 0 Å². The van der Waals surface area contributed by atoms with Crippen molar-refractivity contribution in [1.82, 2.24) is 4.72 Å². The molecular formula is C12H23NO5S. The Labute approximate surface area is 114 Å². The average Bonchev–Trinajstić information content (AvgIpc) is 2.87. The van der Waals surface area contributed by atoms with Gasteiger partial charge in [-0.15, -0.1) is 0 Å². The number of sulfonamides is 1. The largest absolute Gasteiger partial charge is 0.469 e. The van der Waals surface area contributed by atoms with Gasteiger partial charge in [-0.2, -0.15) is 0 Å². The molecule has 0 bridgehead atoms. The van der Waals surface area contributed by atoms with Gasteiger partial charge in [0.05, 0.1) is 30.4 Å². The highest BCUT2D eigenvalue weighted by Gasteiger charge is 2.44. The number of hydrogen-bond acceptors (Lipinski definition) is 5. The van der Waals surface area contributed by atoms with Crippen molar-refractivity contribution >= 4 is 16.0 Å². The van der Waals surface area contributed by atoms with E-state index in [2.05, 4.69) is 9.46 Å². The number of ether oxygens (including phenoxy) is 1. The zero-order chi connectivity index (χ0) is 14.7. The molecule has 112 valence electrons. The van der Waals surface area contributed by atoms with E-state index in [0.717, 1.165) is 0 Å². The fraction of sp³-hybridized carbons (Fsp3) is 0.917. The third kappa shape index (κ3) is 3.67. The van der Waals surface area contributed by atoms with Crippen molar-refractivity contribution in [3.05, 3.63) is 0 Å². The number of nitrogens with one attached hydrogen (secondary N) is 1. The standard InChI is InChI=1S/C12H23NO5S/c1-4-12(2,8-14)13-19(16,17)10-7-5-6-9(10)11(15)18-3/h9-10,13-14H,4-8H2,1-3H3. The van der Waals surface area contributed by atoms with Crippen LogP contribution in [0.3, 0.4) is 0 Å². The molecule has 6 nitrogen and oxygen atoms in total. The molecule has 0 aromatic heterocycles. The zero-order valence-electron chi connectivity index (χ0n) is 11.7. The van der Waals surface area contributed by atoms with Crippen LogP contribution in [-0.2, 0) is 19.6 Å². The van der Waals surface area contributed by atoms with Crippen LogP contribution in [-0.4, -0.2) is 44.0 Å². The SMILES string of the molecule is CCC(C)(CO)NS(=O)(=O)C1CCCC1C(=O)OC. The second kappa shape index (κ2) is 6.19. The fourth-order valence-corrected chi connectivity index (χ4v) is 4.56. The van der Waals surface area contributed by atoms with Gasteiger partial charge >= 0.3 is 5.97 Å². The van der Waals surface area contributed by atoms with E-state index in [0.29, 0.717) is 25.7 Å². The molecule has 0 amide bonds. The van der Waals surface area contributed by atoms with Crippen LogP contribution in [0.1, 0.15) is 39.5 Å². The Kier molecular flexibility index (Phi) is 5.34. The topological polar surface area (TPSA) is 92.7 Å². The summed E-state index contributed by atoms with van der Waals surface area (Å²) in [6.45, 7) is 3.16. The van der Waals surface area contributed by atoms with E-state index in [1.54, 1.807) is 13.8 Å². The quantitative estimate of drug-likeness (QED) is 0.692. The normalized spacial score (nSPS) is 26.9. The molecule has 19 heavy (non-hydrogen) atoms. The molecule has 0 spiro atoms. The Balaban J connectivity index is 2.91. The van der Waals surface area contributed by atoms with Crippen LogP contribution in [0.2, 0.25) is 0 Å². The maximum Gasteiger partial charge on any atom is 0.310 e. The summed E-state index contributed by atoms with van der Waals surface area (Å²) in [6.07, 6.45) is 2.13. The van der Waals surface area contributed by atoms with Gasteiger partial charge in [0.1, 0.15) is 0 Å². The van der Waals surface area contributed by atoms with Crippen LogP contribution in [0.5, 0.6) is 0 Å². The maximum atomic E-state index is 12.4. The Morgan fingerprint density at radius 1 is 1.47 bits per heavy atom. The number of hydrogen-bond donors (Lipinski definition) is 2. The third-order valence-corrected chi connectivity index (χ3v) is 6.01. The first-order chi connectivity index (χ1) is 8.79. The van der Waals surface area contributed by atoms with Crippen molar-refractivity contribution in [2.75, 3.05) is 13.7 Å². The molecule has 0 heterocycles. The number of aliphatic hydroxyl groups excluding tert-OH is 1. The van der Waals surface area contributed by atoms with Gasteiger partial charge in [0, 0.05) is 0 Å². The molecule has 0 radical (unpaired) electrons. The van der Waals surface area contributed by atoms with Gasteiger partial charge in [-0.3, -0.25) is 4.79 Å². The lowest BCUT2D eigenvalue weighted by molar-refractivity contribution is -0.145. The van der Waals surface area contributed by atoms with Crippen molar-refractivity contribution in [1.29, 1.82) is 0 Å². The van der Waals surface area contributed by atoms with E-state index >= 15 is 0 Å². The number of methoxy groups -OCH3 is 1. The van der Waals surface area contributed by atoms with Gasteiger partial charge < -0.3 is 9.84 Å². The molecule has 0 aromatic carbocycles. The van der Waals surface area contributed by atoms with E-state index in [4.69, 9.17) is 0 Å². The lowest BCUT2D eigenvalue weighted by Gasteiger charge is -2.29. The minimum Gasteiger partial charge on any atom is -0.469 e. The average molecular weight is 293 g/mol. The first-order valence-electron chi connectivity index (χ1n) is 6.51. The minimum absolute atomic E-state index is 0.279. The van der Waals surface area contributed by atoms with E-state index in [1.165, 1.54) is 7.11 Å². The molecule has 7 heteroatoms. The van der Waals surface area contributed by atoms with Crippen LogP contribution < -0.4 is 4.72 Å². The molecule has 1 aliphatic carbocycles. The van der Waals surface area contributed by atoms with Crippen LogP contribution in [0.25, 0.3) is 0 Å². The molecule has 3 atom stereocenters. The lowest BCUT2D eigenvalue weighted by atomic mass is 10.0. The Hall–Kier alpha value is -0.660. The summed E-state index contributed by atoms with van der Waals surface area (Å²) < 4.78 is 31.9. The second-order valence-corrected chi connectivity index (χ2v) is 7.22. The maximum absolute atomic E-state index is 12.4. The highest BCUT2D eigenvalue weighted by atomic mass is 32.2. The third-order valence-electron chi connectivity index (χ3n) is 3.87. The first kappa shape index (κ1) is 16.4. The van der Waals surface area contributed by atoms with Crippen LogP contribution in [0, 0.1) is 5.92 Å². The number of rotatable bonds is 6. The van der Waals surface area contributed by atoms with Gasteiger partial charge in [-0.25, -0.2) is 13.1 Å². The van der Waals surface area contributed by atoms with Crippen molar-refractivity contribution < 1.29 is 23.1 Å². The highest BCUT2D eigenvalue weighted by Crippen LogP contribution is 2.32. The van der Waals surface area contributed by atoms with E-state index in [-0.39, 0.29) is 6.61 Å². The van der Waals surface area contributed by atoms with Gasteiger partial charge in [0.2, 0.25) is 10.0 Å². The molecular weight excluding hydrogens is 270 g/mol. The molecule has 1 fully saturated rings. The summed E-state index contributed by atoms with van der Waals surface area (Å²) >= 11 is 0. The lowest BCUT2D eigenvalue weighted by Crippen LogP contribution is -2.52. The van der Waals surface area contributed by atoms with E-state index < -0.39 is 32.7 Å². The Bertz CT molecular complexity index is 416. The van der Waals surface area contributed by atoms with Crippen molar-refractivity contribution in [3.8, 4) is 0 Å². The molecule has 0 saturated heterocycles. The summed E-state index contributed by atoms with van der Waals surface area (Å²) in [7, 11) is -2.39. The van der Waals surface area contributed by atoms with Crippen LogP contribution in [0.15, 0.2) is 0 Å². The molecule has 0 aliphatic heterocycles. The number of carbonyl (C=O) groups is 1. The van der Waals surface area contributed by atoms with Gasteiger partial charge in [0.15, 0.2) is 0 Å². The smallest absolute Gasteiger partial charge is 0.310 e. The summed E-state index contributed by atoms with van der Waals surface area (Å²) in [5.41, 5.74) is -0.887. The summed E-state index contributed by atoms with van der Waals surface area (Å²) in [5.74, 6) is -1.09. The zero-order valence-corrected chi connectivity index (χ0v) is 12.5. The van der Waals surface area contributed by atoms with Crippen LogP contribution in [0.4, 0.5) is 0 Å². The number of carbonyl (C=O) groups excluding carboxylic acids is 1. The van der Waals surface area contributed by atoms with Crippen molar-refractivity contribution in [2.45, 2.75) is 50.3 Å². The van der Waals surface area contributed by atoms with E-state index in [1.807, 2.05) is 0 Å². The second-order valence-electron chi connectivity index (χ2n) is 5.32. The summed E-state index contributed by atoms with van der Waals surface area (Å²) in [5, 5.41) is 8.53. The number of aliphatic hydroxyl groups is 1. The monoisotopic (exact) mass is 293 g/mol. The summed E-state index contributed by atoms with van der Waals surface area (Å²) in [4.78, 5) is 11.6. The van der Waals surface area contributed by atoms with Crippen molar-refractivity contribution in [2.24, 2.45) is 5.92 Å². The van der Waals surface area contributed by atoms with Gasteiger partial charge in [-0.05, 0) is 26.2 Å². The molecule has 2 N–H and O–H groups in total. The predicted molar refractivity (Wildman–Crippen MR) is 71.0 cm³/mol. The minimum atomic E-state index is -3.66. The molecule has 3 unspecified atom stereocenters. The molecule has 1 aliphatic rings. The molecule has 1 rings (SSSR count). The number of esters is 1. The Morgan fingerprint density at radius 3 is 2.58 bits per heavy atom. The van der Waals surface area contributed by atoms with Crippen molar-refractivity contribution in [3.63, 3.8) is 0 Å². The predicted octanol–water partition coefficient (Wildman–Crippen LogP) is 0.408. The highest BCUT2D eigenvalue weighted by molar-refractivity contribution is 7.90. The van der Waals surface area contributed by atoms with Gasteiger partial charge in [-0.1, -0.05) is 13.3 Å².